The van der Waals surface area contributed by atoms with Gasteiger partial charge in [-0.2, -0.15) is 0 Å². The van der Waals surface area contributed by atoms with Gasteiger partial charge in [0.05, 0.1) is 12.6 Å². The Kier molecular flexibility index (Phi) is 11.7. The number of likely N-dealkylation sites (tertiary alicyclic amines) is 1. The number of piperazine rings is 1. The highest BCUT2D eigenvalue weighted by Gasteiger charge is 2.40. The van der Waals surface area contributed by atoms with Gasteiger partial charge in [0.25, 0.3) is 0 Å². The zero-order valence-electron chi connectivity index (χ0n) is 26.6. The van der Waals surface area contributed by atoms with Crippen LogP contribution in [-0.2, 0) is 27.2 Å². The highest BCUT2D eigenvalue weighted by Crippen LogP contribution is 2.24. The summed E-state index contributed by atoms with van der Waals surface area (Å²) in [5.74, 6) is -1.22. The molecule has 3 amide bonds. The second-order valence-electron chi connectivity index (χ2n) is 12.3. The molecule has 2 fully saturated rings. The summed E-state index contributed by atoms with van der Waals surface area (Å²) in [6.07, 6.45) is 6.02. The average Bonchev–Trinajstić information content (AvgIpc) is 3.62. The van der Waals surface area contributed by atoms with E-state index in [-0.39, 0.29) is 42.6 Å². The molecule has 2 aliphatic heterocycles. The first-order chi connectivity index (χ1) is 22.8. The molecule has 0 radical (unpaired) electrons. The van der Waals surface area contributed by atoms with E-state index in [2.05, 4.69) is 10.3 Å². The zero-order valence-corrected chi connectivity index (χ0v) is 27.4. The van der Waals surface area contributed by atoms with Crippen molar-refractivity contribution in [3.05, 3.63) is 88.4 Å². The number of hydrogen-bond acceptors (Lipinski definition) is 7. The summed E-state index contributed by atoms with van der Waals surface area (Å²) in [5.41, 5.74) is 7.95. The van der Waals surface area contributed by atoms with Crippen LogP contribution in [0, 0.1) is 11.3 Å². The van der Waals surface area contributed by atoms with Gasteiger partial charge in [-0.25, -0.2) is 4.98 Å². The van der Waals surface area contributed by atoms with Crippen LogP contribution in [0.4, 0.5) is 0 Å². The van der Waals surface area contributed by atoms with E-state index in [1.807, 2.05) is 60.7 Å². The summed E-state index contributed by atoms with van der Waals surface area (Å²) in [6, 6.07) is 18.1. The number of nitrogens with one attached hydrogen (secondary N) is 2. The standard InChI is InChI=1S/C35H43N7O4S/c36-35(37)41-19-8-14-27(22-41)21-28(32(45)33-38-17-20-47-33)39-30(43)23-42-29(16-15-26-11-5-2-6-12-26)34(46)40(24-31(42)44)18-7-13-25-9-3-1-4-10-25/h1-6,9-12,17,20,27-29H,7-8,13-16,18-19,21-24H2,(H3,36,37)(H,39,43)/t27-,28-,29-/m0/s1. The third-order valence-corrected chi connectivity index (χ3v) is 9.73. The molecule has 2 saturated heterocycles. The number of aromatic nitrogens is 1. The van der Waals surface area contributed by atoms with Crippen LogP contribution in [0.15, 0.2) is 72.2 Å². The SMILES string of the molecule is N=C(N)N1CCC[C@@H](C[C@H](NC(=O)CN2C(=O)CN(CCCc3ccccc3)C(=O)[C@@H]2CCc2ccccc2)C(=O)c2nccs2)C1. The first-order valence-electron chi connectivity index (χ1n) is 16.3. The third-order valence-electron chi connectivity index (χ3n) is 8.94. The molecule has 47 heavy (non-hydrogen) atoms. The average molecular weight is 658 g/mol. The molecule has 3 heterocycles. The van der Waals surface area contributed by atoms with Crippen molar-refractivity contribution >= 4 is 40.8 Å². The summed E-state index contributed by atoms with van der Waals surface area (Å²) < 4.78 is 0. The molecule has 248 valence electrons. The molecule has 3 atom stereocenters. The van der Waals surface area contributed by atoms with Crippen molar-refractivity contribution in [1.82, 2.24) is 25.0 Å². The molecule has 5 rings (SSSR count). The number of ketones is 1. The fourth-order valence-corrected chi connectivity index (χ4v) is 7.14. The minimum atomic E-state index is -0.863. The number of piperidine rings is 1. The first-order valence-corrected chi connectivity index (χ1v) is 17.1. The monoisotopic (exact) mass is 657 g/mol. The molecule has 0 aliphatic carbocycles. The first kappa shape index (κ1) is 33.8. The molecule has 0 spiro atoms. The topological polar surface area (TPSA) is 153 Å². The predicted octanol–water partition coefficient (Wildman–Crippen LogP) is 3.11. The Morgan fingerprint density at radius 2 is 1.74 bits per heavy atom. The van der Waals surface area contributed by atoms with Crippen LogP contribution in [0.25, 0.3) is 0 Å². The van der Waals surface area contributed by atoms with Gasteiger partial charge in [0.15, 0.2) is 11.0 Å². The fraction of sp³-hybridized carbons (Fsp3) is 0.429. The Morgan fingerprint density at radius 3 is 2.40 bits per heavy atom. The van der Waals surface area contributed by atoms with Crippen molar-refractivity contribution in [2.24, 2.45) is 11.7 Å². The number of aryl methyl sites for hydroxylation is 2. The molecule has 3 aromatic rings. The van der Waals surface area contributed by atoms with Gasteiger partial charge in [-0.15, -0.1) is 11.3 Å². The van der Waals surface area contributed by atoms with Gasteiger partial charge in [-0.05, 0) is 62.0 Å². The zero-order chi connectivity index (χ0) is 33.2. The molecule has 0 bridgehead atoms. The molecule has 1 aromatic heterocycles. The number of nitrogens with zero attached hydrogens (tertiary/aromatic N) is 4. The lowest BCUT2D eigenvalue weighted by Gasteiger charge is -2.40. The minimum Gasteiger partial charge on any atom is -0.370 e. The van der Waals surface area contributed by atoms with E-state index in [1.165, 1.54) is 21.8 Å². The van der Waals surface area contributed by atoms with E-state index in [0.717, 1.165) is 31.2 Å². The lowest BCUT2D eigenvalue weighted by Crippen LogP contribution is -2.62. The molecule has 4 N–H and O–H groups in total. The summed E-state index contributed by atoms with van der Waals surface area (Å²) in [6.45, 7) is 1.24. The Balaban J connectivity index is 1.28. The second-order valence-corrected chi connectivity index (χ2v) is 13.2. The van der Waals surface area contributed by atoms with E-state index < -0.39 is 18.0 Å². The normalized spacial score (nSPS) is 19.0. The maximum atomic E-state index is 13.9. The van der Waals surface area contributed by atoms with Gasteiger partial charge in [0.1, 0.15) is 12.6 Å². The molecule has 12 heteroatoms. The van der Waals surface area contributed by atoms with Crippen LogP contribution < -0.4 is 11.1 Å². The number of carbonyl (C=O) groups is 4. The Morgan fingerprint density at radius 1 is 1.04 bits per heavy atom. The van der Waals surface area contributed by atoms with Crippen molar-refractivity contribution in [3.63, 3.8) is 0 Å². The van der Waals surface area contributed by atoms with E-state index in [4.69, 9.17) is 11.1 Å². The smallest absolute Gasteiger partial charge is 0.245 e. The van der Waals surface area contributed by atoms with E-state index in [0.29, 0.717) is 43.9 Å². The Hall–Kier alpha value is -4.58. The quantitative estimate of drug-likeness (QED) is 0.137. The maximum Gasteiger partial charge on any atom is 0.245 e. The lowest BCUT2D eigenvalue weighted by molar-refractivity contribution is -0.157. The molecular weight excluding hydrogens is 614 g/mol. The number of amides is 3. The van der Waals surface area contributed by atoms with Gasteiger partial charge < -0.3 is 25.8 Å². The van der Waals surface area contributed by atoms with Gasteiger partial charge >= 0.3 is 0 Å². The second kappa shape index (κ2) is 16.3. The van der Waals surface area contributed by atoms with Crippen molar-refractivity contribution in [1.29, 1.82) is 5.41 Å². The Labute approximate surface area is 279 Å². The summed E-state index contributed by atoms with van der Waals surface area (Å²) in [7, 11) is 0. The van der Waals surface area contributed by atoms with Crippen LogP contribution in [0.2, 0.25) is 0 Å². The summed E-state index contributed by atoms with van der Waals surface area (Å²) in [5, 5.41) is 12.7. The number of nitrogens with two attached hydrogens (primary N) is 1. The van der Waals surface area contributed by atoms with Crippen LogP contribution in [0.1, 0.15) is 53.0 Å². The van der Waals surface area contributed by atoms with E-state index in [1.54, 1.807) is 21.4 Å². The number of rotatable bonds is 14. The van der Waals surface area contributed by atoms with Gasteiger partial charge in [-0.1, -0.05) is 60.7 Å². The van der Waals surface area contributed by atoms with Crippen LogP contribution in [-0.4, -0.2) is 94.0 Å². The van der Waals surface area contributed by atoms with Crippen molar-refractivity contribution in [3.8, 4) is 0 Å². The predicted molar refractivity (Wildman–Crippen MR) is 181 cm³/mol. The number of carbonyl (C=O) groups excluding carboxylic acids is 4. The number of Topliss-reactive ketones (excluding diaryl/α,β-unsaturated/α-hetero) is 1. The number of thiazole rings is 1. The number of benzene rings is 2. The molecule has 2 aliphatic rings. The van der Waals surface area contributed by atoms with Gasteiger partial charge in [-0.3, -0.25) is 24.6 Å². The van der Waals surface area contributed by atoms with Crippen molar-refractivity contribution in [2.75, 3.05) is 32.7 Å². The molecule has 2 aromatic carbocycles. The van der Waals surface area contributed by atoms with Crippen LogP contribution >= 0.6 is 11.3 Å². The molecule has 0 unspecified atom stereocenters. The minimum absolute atomic E-state index is 0.00883. The number of hydrogen-bond donors (Lipinski definition) is 3. The highest BCUT2D eigenvalue weighted by molar-refractivity contribution is 7.11. The molecule has 0 saturated carbocycles. The van der Waals surface area contributed by atoms with E-state index in [9.17, 15) is 19.2 Å². The van der Waals surface area contributed by atoms with E-state index >= 15 is 0 Å². The lowest BCUT2D eigenvalue weighted by atomic mass is 9.90. The molecular formula is C35H43N7O4S. The molecule has 11 nitrogen and oxygen atoms in total. The third kappa shape index (κ3) is 9.25. The van der Waals surface area contributed by atoms with Crippen molar-refractivity contribution < 1.29 is 19.2 Å². The van der Waals surface area contributed by atoms with Crippen LogP contribution in [0.5, 0.6) is 0 Å². The van der Waals surface area contributed by atoms with Crippen LogP contribution in [0.3, 0.4) is 0 Å². The number of guanidine groups is 1. The largest absolute Gasteiger partial charge is 0.370 e. The highest BCUT2D eigenvalue weighted by atomic mass is 32.1. The van der Waals surface area contributed by atoms with Crippen molar-refractivity contribution in [2.45, 2.75) is 57.0 Å². The summed E-state index contributed by atoms with van der Waals surface area (Å²) >= 11 is 1.21. The summed E-state index contributed by atoms with van der Waals surface area (Å²) in [4.78, 5) is 63.6. The van der Waals surface area contributed by atoms with Gasteiger partial charge in [0.2, 0.25) is 23.5 Å². The van der Waals surface area contributed by atoms with Gasteiger partial charge in [0, 0.05) is 31.2 Å². The maximum absolute atomic E-state index is 13.9. The fourth-order valence-electron chi connectivity index (χ4n) is 6.51. The Bertz CT molecular complexity index is 1520.